The van der Waals surface area contributed by atoms with Crippen LogP contribution in [-0.2, 0) is 12.5 Å². The molecule has 176 valence electrons. The number of anilines is 1. The highest BCUT2D eigenvalue weighted by molar-refractivity contribution is 6.13. The summed E-state index contributed by atoms with van der Waals surface area (Å²) in [5.74, 6) is -0.252. The molecule has 1 aliphatic rings. The van der Waals surface area contributed by atoms with Crippen LogP contribution in [0.2, 0.25) is 0 Å². The van der Waals surface area contributed by atoms with Crippen molar-refractivity contribution in [2.75, 3.05) is 18.5 Å². The molecule has 0 atom stereocenters. The van der Waals surface area contributed by atoms with E-state index in [0.29, 0.717) is 11.1 Å². The number of pyridine rings is 1. The zero-order chi connectivity index (χ0) is 24.5. The Balaban J connectivity index is 1.72. The number of halogens is 1. The topological polar surface area (TPSA) is 20.3 Å². The summed E-state index contributed by atoms with van der Waals surface area (Å²) in [6.45, 7) is 7.60. The third-order valence-electron chi connectivity index (χ3n) is 7.75. The minimum Gasteiger partial charge on any atom is -0.454 e. The quantitative estimate of drug-likeness (QED) is 0.255. The number of furan rings is 1. The van der Waals surface area contributed by atoms with Crippen molar-refractivity contribution in [2.45, 2.75) is 32.6 Å². The van der Waals surface area contributed by atoms with Crippen LogP contribution in [0, 0.1) is 12.7 Å². The zero-order valence-electron chi connectivity index (χ0n) is 20.9. The largest absolute Gasteiger partial charge is 0.454 e. The van der Waals surface area contributed by atoms with Crippen molar-refractivity contribution in [1.82, 2.24) is 0 Å². The van der Waals surface area contributed by atoms with Crippen LogP contribution < -0.4 is 9.47 Å². The molecule has 2 aromatic heterocycles. The lowest BCUT2D eigenvalue weighted by atomic mass is 9.74. The summed E-state index contributed by atoms with van der Waals surface area (Å²) in [7, 11) is 4.15. The van der Waals surface area contributed by atoms with E-state index in [4.69, 9.17) is 4.42 Å². The Labute approximate surface area is 205 Å². The minimum absolute atomic E-state index is 0.0708. The van der Waals surface area contributed by atoms with Crippen molar-refractivity contribution in [3.8, 4) is 22.4 Å². The molecule has 3 aromatic carbocycles. The Hall–Kier alpha value is -3.66. The first-order valence-electron chi connectivity index (χ1n) is 12.2. The van der Waals surface area contributed by atoms with Gasteiger partial charge in [0.05, 0.1) is 11.1 Å². The van der Waals surface area contributed by atoms with E-state index >= 15 is 4.39 Å². The monoisotopic (exact) mass is 465 g/mol. The first kappa shape index (κ1) is 21.8. The maximum absolute atomic E-state index is 15.7. The van der Waals surface area contributed by atoms with Crippen molar-refractivity contribution in [1.29, 1.82) is 0 Å². The number of hydrogen-bond donors (Lipinski definition) is 0. The fourth-order valence-electron chi connectivity index (χ4n) is 5.80. The van der Waals surface area contributed by atoms with E-state index in [1.165, 1.54) is 11.3 Å². The number of aromatic nitrogens is 1. The normalized spacial score (nSPS) is 15.1. The van der Waals surface area contributed by atoms with E-state index in [2.05, 4.69) is 61.6 Å². The van der Waals surface area contributed by atoms with E-state index < -0.39 is 0 Å². The standard InChI is InChI=1S/C31H30FN2O/c1-19-12-13-20-21-14-15-23(32)27(22-9-8-11-25-28(22)31(2,3)16-18-34(25)5)30(21)35-29(20)26(19)24-10-6-7-17-33(24)4/h6-15,17H,16,18H2,1-5H3/q+1. The first-order chi connectivity index (χ1) is 16.8. The van der Waals surface area contributed by atoms with Gasteiger partial charge >= 0.3 is 0 Å². The molecule has 0 aliphatic carbocycles. The summed E-state index contributed by atoms with van der Waals surface area (Å²) in [6, 6.07) is 20.1. The lowest BCUT2D eigenvalue weighted by Crippen LogP contribution is -2.35. The summed E-state index contributed by atoms with van der Waals surface area (Å²) >= 11 is 0. The molecule has 0 bridgehead atoms. The fraction of sp³-hybridized carbons (Fsp3) is 0.258. The van der Waals surface area contributed by atoms with Gasteiger partial charge in [-0.25, -0.2) is 8.96 Å². The molecular weight excluding hydrogens is 435 g/mol. The molecular formula is C31H30FN2O+. The van der Waals surface area contributed by atoms with Crippen LogP contribution >= 0.6 is 0 Å². The van der Waals surface area contributed by atoms with Crippen LogP contribution in [0.1, 0.15) is 31.4 Å². The highest BCUT2D eigenvalue weighted by Crippen LogP contribution is 2.48. The number of rotatable bonds is 2. The average Bonchev–Trinajstić information content (AvgIpc) is 3.20. The second-order valence-corrected chi connectivity index (χ2v) is 10.5. The van der Waals surface area contributed by atoms with Crippen molar-refractivity contribution < 1.29 is 13.4 Å². The van der Waals surface area contributed by atoms with Crippen LogP contribution in [0.4, 0.5) is 10.1 Å². The van der Waals surface area contributed by atoms with E-state index in [1.807, 2.05) is 43.6 Å². The molecule has 0 spiro atoms. The van der Waals surface area contributed by atoms with Gasteiger partial charge in [-0.05, 0) is 59.7 Å². The van der Waals surface area contributed by atoms with E-state index in [0.717, 1.165) is 51.7 Å². The Morgan fingerprint density at radius 1 is 0.914 bits per heavy atom. The predicted molar refractivity (Wildman–Crippen MR) is 141 cm³/mol. The van der Waals surface area contributed by atoms with Crippen LogP contribution in [0.25, 0.3) is 44.3 Å². The van der Waals surface area contributed by atoms with Crippen molar-refractivity contribution in [2.24, 2.45) is 7.05 Å². The second kappa shape index (κ2) is 7.67. The lowest BCUT2D eigenvalue weighted by molar-refractivity contribution is -0.660. The molecule has 35 heavy (non-hydrogen) atoms. The van der Waals surface area contributed by atoms with Gasteiger partial charge in [0.25, 0.3) is 0 Å². The SMILES string of the molecule is Cc1ccc2c(oc3c(-c4cccc5c4C(C)(C)CCN5C)c(F)ccc32)c1-c1cccc[n+]1C. The lowest BCUT2D eigenvalue weighted by Gasteiger charge is -2.40. The molecule has 0 fully saturated rings. The Kier molecular flexibility index (Phi) is 4.79. The highest BCUT2D eigenvalue weighted by atomic mass is 19.1. The molecule has 3 nitrogen and oxygen atoms in total. The average molecular weight is 466 g/mol. The van der Waals surface area contributed by atoms with Crippen molar-refractivity contribution in [3.63, 3.8) is 0 Å². The molecule has 0 unspecified atom stereocenters. The van der Waals surface area contributed by atoms with Gasteiger partial charge in [0.15, 0.2) is 6.20 Å². The number of aryl methyl sites for hydroxylation is 2. The molecule has 0 radical (unpaired) electrons. The second-order valence-electron chi connectivity index (χ2n) is 10.5. The van der Waals surface area contributed by atoms with Crippen molar-refractivity contribution in [3.05, 3.63) is 83.8 Å². The van der Waals surface area contributed by atoms with Crippen LogP contribution in [0.5, 0.6) is 0 Å². The fourth-order valence-corrected chi connectivity index (χ4v) is 5.80. The van der Waals surface area contributed by atoms with Gasteiger partial charge in [-0.2, -0.15) is 0 Å². The molecule has 0 N–H and O–H groups in total. The minimum atomic E-state index is -0.252. The number of fused-ring (bicyclic) bond motifs is 4. The molecule has 0 amide bonds. The van der Waals surface area contributed by atoms with Gasteiger partial charge in [0.1, 0.15) is 24.0 Å². The number of nitrogens with zero attached hydrogens (tertiary/aromatic N) is 2. The molecule has 6 rings (SSSR count). The van der Waals surface area contributed by atoms with Crippen LogP contribution in [-0.4, -0.2) is 13.6 Å². The summed E-state index contributed by atoms with van der Waals surface area (Å²) in [5, 5.41) is 1.95. The Morgan fingerprint density at radius 2 is 1.66 bits per heavy atom. The predicted octanol–water partition coefficient (Wildman–Crippen LogP) is 7.31. The van der Waals surface area contributed by atoms with E-state index in [-0.39, 0.29) is 11.2 Å². The van der Waals surface area contributed by atoms with Gasteiger partial charge in [0, 0.05) is 42.2 Å². The molecule has 0 saturated heterocycles. The summed E-state index contributed by atoms with van der Waals surface area (Å²) < 4.78 is 24.5. The third kappa shape index (κ3) is 3.19. The maximum Gasteiger partial charge on any atom is 0.216 e. The van der Waals surface area contributed by atoms with Gasteiger partial charge in [-0.3, -0.25) is 0 Å². The zero-order valence-corrected chi connectivity index (χ0v) is 20.9. The summed E-state index contributed by atoms with van der Waals surface area (Å²) in [6.07, 6.45) is 3.05. The van der Waals surface area contributed by atoms with Gasteiger partial charge in [-0.1, -0.05) is 38.1 Å². The highest BCUT2D eigenvalue weighted by Gasteiger charge is 2.34. The van der Waals surface area contributed by atoms with Gasteiger partial charge in [-0.15, -0.1) is 0 Å². The molecule has 1 aliphatic heterocycles. The molecule has 4 heteroatoms. The maximum atomic E-state index is 15.7. The van der Waals surface area contributed by atoms with Gasteiger partial charge < -0.3 is 9.32 Å². The molecule has 0 saturated carbocycles. The van der Waals surface area contributed by atoms with Crippen molar-refractivity contribution >= 4 is 27.6 Å². The summed E-state index contributed by atoms with van der Waals surface area (Å²) in [5.41, 5.74) is 8.41. The molecule has 5 aromatic rings. The van der Waals surface area contributed by atoms with E-state index in [9.17, 15) is 0 Å². The van der Waals surface area contributed by atoms with Crippen LogP contribution in [0.15, 0.2) is 71.3 Å². The summed E-state index contributed by atoms with van der Waals surface area (Å²) in [4.78, 5) is 2.28. The Bertz CT molecular complexity index is 1630. The molecule has 3 heterocycles. The first-order valence-corrected chi connectivity index (χ1v) is 12.2. The third-order valence-corrected chi connectivity index (χ3v) is 7.75. The smallest absolute Gasteiger partial charge is 0.216 e. The van der Waals surface area contributed by atoms with Crippen LogP contribution in [0.3, 0.4) is 0 Å². The Morgan fingerprint density at radius 3 is 2.43 bits per heavy atom. The number of hydrogen-bond acceptors (Lipinski definition) is 2. The number of benzene rings is 3. The van der Waals surface area contributed by atoms with Gasteiger partial charge in [0.2, 0.25) is 5.69 Å². The van der Waals surface area contributed by atoms with E-state index in [1.54, 1.807) is 6.07 Å².